The fourth-order valence-electron chi connectivity index (χ4n) is 4.47. The minimum atomic E-state index is -1.57. The van der Waals surface area contributed by atoms with E-state index in [4.69, 9.17) is 25.3 Å². The first kappa shape index (κ1) is 30.6. The van der Waals surface area contributed by atoms with Gasteiger partial charge in [-0.2, -0.15) is 0 Å². The van der Waals surface area contributed by atoms with Crippen LogP contribution in [0.5, 0.6) is 0 Å². The van der Waals surface area contributed by atoms with E-state index < -0.39 is 48.2 Å². The molecule has 1 aromatic carbocycles. The molecular formula is C25H40BN3O8. The van der Waals surface area contributed by atoms with E-state index in [2.05, 4.69) is 10.6 Å². The molecule has 206 valence electrons. The molecule has 37 heavy (non-hydrogen) atoms. The van der Waals surface area contributed by atoms with Crippen molar-refractivity contribution in [2.45, 2.75) is 76.6 Å². The van der Waals surface area contributed by atoms with Crippen LogP contribution in [-0.2, 0) is 25.7 Å². The average Bonchev–Trinajstić information content (AvgIpc) is 2.80. The Labute approximate surface area is 218 Å². The molecule has 2 amide bonds. The fraction of sp³-hybridized carbons (Fsp3) is 0.640. The van der Waals surface area contributed by atoms with E-state index in [9.17, 15) is 19.5 Å². The van der Waals surface area contributed by atoms with Gasteiger partial charge in [-0.3, -0.25) is 9.59 Å². The van der Waals surface area contributed by atoms with Gasteiger partial charge in [-0.05, 0) is 57.8 Å². The summed E-state index contributed by atoms with van der Waals surface area (Å²) in [5.41, 5.74) is 4.87. The molecule has 0 spiro atoms. The lowest BCUT2D eigenvalue weighted by molar-refractivity contribution is -0.148. The van der Waals surface area contributed by atoms with E-state index in [0.29, 0.717) is 19.3 Å². The second-order valence-corrected chi connectivity index (χ2v) is 10.7. The van der Waals surface area contributed by atoms with Crippen LogP contribution >= 0.6 is 0 Å². The number of carbonyl (C=O) groups excluding carboxylic acids is 2. The van der Waals surface area contributed by atoms with Crippen LogP contribution in [0, 0.1) is 11.8 Å². The van der Waals surface area contributed by atoms with Gasteiger partial charge in [0.25, 0.3) is 0 Å². The lowest BCUT2D eigenvalue weighted by Gasteiger charge is -2.41. The Morgan fingerprint density at radius 2 is 1.86 bits per heavy atom. The Bertz CT molecular complexity index is 896. The van der Waals surface area contributed by atoms with Crippen LogP contribution in [0.1, 0.15) is 52.0 Å². The largest absolute Gasteiger partial charge is 0.480 e. The number of nitrogens with one attached hydrogen (secondary N) is 2. The molecular weight excluding hydrogens is 481 g/mol. The maximum atomic E-state index is 13.0. The molecule has 11 nitrogen and oxygen atoms in total. The SMILES string of the molecule is CC(C)(C)OC(=O)N[C@@H](COCc1ccccc1)C(=O)NC[C@@H]1CC[C@@H](CCB(O)O)C[C@]1(N)C(=O)O. The number of amides is 2. The lowest BCUT2D eigenvalue weighted by atomic mass is 9.66. The third-order valence-corrected chi connectivity index (χ3v) is 6.44. The molecule has 7 N–H and O–H groups in total. The van der Waals surface area contributed by atoms with Gasteiger partial charge in [-0.25, -0.2) is 4.79 Å². The monoisotopic (exact) mass is 521 g/mol. The molecule has 4 atom stereocenters. The Morgan fingerprint density at radius 1 is 1.19 bits per heavy atom. The predicted molar refractivity (Wildman–Crippen MR) is 137 cm³/mol. The normalized spacial score (nSPS) is 22.5. The van der Waals surface area contributed by atoms with Crippen molar-refractivity contribution in [1.82, 2.24) is 10.6 Å². The van der Waals surface area contributed by atoms with Gasteiger partial charge < -0.3 is 41.0 Å². The van der Waals surface area contributed by atoms with Gasteiger partial charge in [-0.15, -0.1) is 0 Å². The number of hydrogen-bond donors (Lipinski definition) is 6. The summed E-state index contributed by atoms with van der Waals surface area (Å²) in [6.07, 6.45) is 1.08. The topological polar surface area (TPSA) is 180 Å². The molecule has 12 heteroatoms. The second kappa shape index (κ2) is 13.8. The average molecular weight is 521 g/mol. The molecule has 1 aliphatic carbocycles. The number of alkyl carbamates (subject to hydrolysis) is 1. The molecule has 0 saturated heterocycles. The Balaban J connectivity index is 2.02. The van der Waals surface area contributed by atoms with Crippen molar-refractivity contribution < 1.29 is 39.0 Å². The van der Waals surface area contributed by atoms with Crippen LogP contribution in [0.4, 0.5) is 4.79 Å². The second-order valence-electron chi connectivity index (χ2n) is 10.7. The minimum absolute atomic E-state index is 0.00214. The number of carbonyl (C=O) groups is 3. The van der Waals surface area contributed by atoms with Crippen LogP contribution in [0.3, 0.4) is 0 Å². The molecule has 1 saturated carbocycles. The van der Waals surface area contributed by atoms with Crippen molar-refractivity contribution in [3.63, 3.8) is 0 Å². The molecule has 0 heterocycles. The molecule has 1 fully saturated rings. The van der Waals surface area contributed by atoms with Gasteiger partial charge in [0.15, 0.2) is 0 Å². The van der Waals surface area contributed by atoms with Crippen LogP contribution in [0.15, 0.2) is 30.3 Å². The molecule has 0 aliphatic heterocycles. The zero-order chi connectivity index (χ0) is 27.6. The number of ether oxygens (including phenoxy) is 2. The Kier molecular flexibility index (Phi) is 11.4. The molecule has 0 bridgehead atoms. The first-order valence-corrected chi connectivity index (χ1v) is 12.6. The van der Waals surface area contributed by atoms with E-state index >= 15 is 0 Å². The number of aliphatic carboxylic acids is 1. The first-order valence-electron chi connectivity index (χ1n) is 12.6. The quantitative estimate of drug-likeness (QED) is 0.221. The number of carboxylic acid groups (broad SMARTS) is 1. The summed E-state index contributed by atoms with van der Waals surface area (Å²) in [5, 5.41) is 33.4. The van der Waals surface area contributed by atoms with E-state index in [-0.39, 0.29) is 38.4 Å². The first-order chi connectivity index (χ1) is 17.3. The maximum absolute atomic E-state index is 13.0. The molecule has 1 aliphatic rings. The smallest absolute Gasteiger partial charge is 0.451 e. The van der Waals surface area contributed by atoms with E-state index in [0.717, 1.165) is 5.56 Å². The molecule has 1 aromatic rings. The minimum Gasteiger partial charge on any atom is -0.480 e. The number of hydrogen-bond acceptors (Lipinski definition) is 8. The van der Waals surface area contributed by atoms with Gasteiger partial charge in [-0.1, -0.05) is 36.8 Å². The van der Waals surface area contributed by atoms with Gasteiger partial charge in [0.1, 0.15) is 17.2 Å². The van der Waals surface area contributed by atoms with Gasteiger partial charge in [0, 0.05) is 12.5 Å². The van der Waals surface area contributed by atoms with Crippen molar-refractivity contribution in [3.8, 4) is 0 Å². The summed E-state index contributed by atoms with van der Waals surface area (Å²) in [7, 11) is -1.45. The predicted octanol–water partition coefficient (Wildman–Crippen LogP) is 1.27. The molecule has 0 aromatic heterocycles. The van der Waals surface area contributed by atoms with Crippen LogP contribution < -0.4 is 16.4 Å². The molecule has 2 rings (SSSR count). The number of rotatable bonds is 12. The van der Waals surface area contributed by atoms with Gasteiger partial charge in [0.05, 0.1) is 13.2 Å². The van der Waals surface area contributed by atoms with E-state index in [1.54, 1.807) is 20.8 Å². The van der Waals surface area contributed by atoms with E-state index in [1.807, 2.05) is 30.3 Å². The molecule has 0 unspecified atom stereocenters. The highest BCUT2D eigenvalue weighted by Crippen LogP contribution is 2.38. The number of carboxylic acids is 1. The van der Waals surface area contributed by atoms with Crippen molar-refractivity contribution in [3.05, 3.63) is 35.9 Å². The highest BCUT2D eigenvalue weighted by atomic mass is 16.6. The summed E-state index contributed by atoms with van der Waals surface area (Å²) < 4.78 is 10.9. The Hall–Kier alpha value is -2.67. The third-order valence-electron chi connectivity index (χ3n) is 6.44. The van der Waals surface area contributed by atoms with E-state index in [1.165, 1.54) is 0 Å². The van der Waals surface area contributed by atoms with Gasteiger partial charge in [0.2, 0.25) is 5.91 Å². The zero-order valence-corrected chi connectivity index (χ0v) is 21.8. The summed E-state index contributed by atoms with van der Waals surface area (Å²) in [4.78, 5) is 37.5. The summed E-state index contributed by atoms with van der Waals surface area (Å²) in [6, 6.07) is 8.29. The van der Waals surface area contributed by atoms with Crippen molar-refractivity contribution >= 4 is 25.1 Å². The number of nitrogens with two attached hydrogens (primary N) is 1. The standard InChI is InChI=1S/C25H40BN3O8/c1-24(2,3)37-23(33)29-20(16-36-15-18-7-5-4-6-8-18)21(30)28-14-19-10-9-17(11-12-26(34)35)13-25(19,27)22(31)32/h4-8,17,19-20,34-35H,9-16,27H2,1-3H3,(H,28,30)(H,29,33)(H,31,32)/t17-,19-,20-,25+/m0/s1. The fourth-order valence-corrected chi connectivity index (χ4v) is 4.47. The highest BCUT2D eigenvalue weighted by Gasteiger charge is 2.47. The third kappa shape index (κ3) is 10.3. The highest BCUT2D eigenvalue weighted by molar-refractivity contribution is 6.40. The van der Waals surface area contributed by atoms with Crippen LogP contribution in [0.2, 0.25) is 6.32 Å². The van der Waals surface area contributed by atoms with Crippen LogP contribution in [-0.4, -0.2) is 70.6 Å². The Morgan fingerprint density at radius 3 is 2.46 bits per heavy atom. The molecule has 0 radical (unpaired) electrons. The number of benzene rings is 1. The van der Waals surface area contributed by atoms with Crippen molar-refractivity contribution in [2.24, 2.45) is 17.6 Å². The van der Waals surface area contributed by atoms with Gasteiger partial charge >= 0.3 is 19.2 Å². The van der Waals surface area contributed by atoms with Crippen molar-refractivity contribution in [1.29, 1.82) is 0 Å². The summed E-state index contributed by atoms with van der Waals surface area (Å²) in [5.74, 6) is -2.33. The summed E-state index contributed by atoms with van der Waals surface area (Å²) in [6.45, 7) is 5.23. The zero-order valence-electron chi connectivity index (χ0n) is 21.8. The summed E-state index contributed by atoms with van der Waals surface area (Å²) >= 11 is 0. The lowest BCUT2D eigenvalue weighted by Crippen LogP contribution is -2.61. The van der Waals surface area contributed by atoms with Crippen molar-refractivity contribution in [2.75, 3.05) is 13.2 Å². The maximum Gasteiger partial charge on any atom is 0.451 e. The van der Waals surface area contributed by atoms with Crippen LogP contribution in [0.25, 0.3) is 0 Å².